The first-order valence-corrected chi connectivity index (χ1v) is 13.0. The minimum atomic E-state index is -4.13. The average molecular weight is 532 g/mol. The molecule has 3 aliphatic rings. The fourth-order valence-corrected chi connectivity index (χ4v) is 5.57. The molecule has 11 nitrogen and oxygen atoms in total. The van der Waals surface area contributed by atoms with Gasteiger partial charge in [-0.25, -0.2) is 9.66 Å². The Hall–Kier alpha value is -4.84. The van der Waals surface area contributed by atoms with E-state index < -0.39 is 27.4 Å². The van der Waals surface area contributed by atoms with Crippen molar-refractivity contribution in [1.82, 2.24) is 9.66 Å². The Labute approximate surface area is 216 Å². The molecule has 0 bridgehead atoms. The Morgan fingerprint density at radius 3 is 2.42 bits per heavy atom. The van der Waals surface area contributed by atoms with Crippen LogP contribution in [-0.4, -0.2) is 48.3 Å². The van der Waals surface area contributed by atoms with Crippen LogP contribution in [0.25, 0.3) is 11.0 Å². The van der Waals surface area contributed by atoms with Crippen molar-refractivity contribution in [2.45, 2.75) is 10.9 Å². The first kappa shape index (κ1) is 23.6. The Kier molecular flexibility index (Phi) is 5.72. The number of nitrogens with one attached hydrogen (secondary N) is 2. The van der Waals surface area contributed by atoms with E-state index in [4.69, 9.17) is 9.47 Å². The largest absolute Gasteiger partial charge is 0.506 e. The summed E-state index contributed by atoms with van der Waals surface area (Å²) in [6.45, 7) is 0.703. The summed E-state index contributed by atoms with van der Waals surface area (Å²) in [5, 5.41) is 14.3. The maximum Gasteiger partial charge on any atom is 0.286 e. The van der Waals surface area contributed by atoms with E-state index in [-0.39, 0.29) is 33.0 Å². The van der Waals surface area contributed by atoms with Crippen LogP contribution in [0.1, 0.15) is 5.56 Å². The van der Waals surface area contributed by atoms with Crippen molar-refractivity contribution in [3.63, 3.8) is 0 Å². The molecule has 5 heterocycles. The lowest BCUT2D eigenvalue weighted by atomic mass is 9.97. The smallest absolute Gasteiger partial charge is 0.286 e. The topological polar surface area (TPSA) is 144 Å². The van der Waals surface area contributed by atoms with Crippen molar-refractivity contribution < 1.29 is 23.0 Å². The second-order valence-corrected chi connectivity index (χ2v) is 10.1. The minimum absolute atomic E-state index is 0.0271. The number of pyridine rings is 2. The lowest BCUT2D eigenvalue weighted by Gasteiger charge is -2.27. The molecule has 2 aromatic heterocycles. The van der Waals surface area contributed by atoms with Gasteiger partial charge in [-0.3, -0.25) is 4.79 Å². The predicted octanol–water partition coefficient (Wildman–Crippen LogP) is 2.52. The molecule has 12 heteroatoms. The van der Waals surface area contributed by atoms with Crippen LogP contribution in [0.15, 0.2) is 105 Å². The van der Waals surface area contributed by atoms with Gasteiger partial charge in [0.1, 0.15) is 29.4 Å². The number of sulfonamides is 1. The van der Waals surface area contributed by atoms with Crippen LogP contribution in [0.5, 0.6) is 5.75 Å². The number of anilines is 1. The van der Waals surface area contributed by atoms with Crippen molar-refractivity contribution >= 4 is 32.6 Å². The Morgan fingerprint density at radius 2 is 1.74 bits per heavy atom. The molecule has 3 aromatic rings. The van der Waals surface area contributed by atoms with Gasteiger partial charge in [-0.2, -0.15) is 8.42 Å². The number of benzene rings is 1. The molecule has 192 valence electrons. The Bertz CT molecular complexity index is 1750. The molecule has 6 rings (SSSR count). The monoisotopic (exact) mass is 531 g/mol. The maximum atomic E-state index is 14.0. The van der Waals surface area contributed by atoms with Crippen molar-refractivity contribution in [1.29, 1.82) is 0 Å². The number of para-hydroxylation sites is 1. The van der Waals surface area contributed by atoms with Crippen molar-refractivity contribution in [2.24, 2.45) is 4.40 Å². The standard InChI is InChI=1S/C26H21N5O6S/c32-23-18-4-3-11-27-25(18)31(29-22(16-7-12-36-13-8-16)17-9-14-37-15-10-17)26(33)21(23)24-28-19-5-1-2-6-20(19)38(34,35)30-24/h1-12,14,22,29,32H,13,15H2,(H,28,30). The van der Waals surface area contributed by atoms with Crippen molar-refractivity contribution in [3.05, 3.63) is 106 Å². The van der Waals surface area contributed by atoms with E-state index in [0.29, 0.717) is 13.2 Å². The fourth-order valence-electron chi connectivity index (χ4n) is 4.45. The van der Waals surface area contributed by atoms with E-state index in [1.165, 1.54) is 16.9 Å². The summed E-state index contributed by atoms with van der Waals surface area (Å²) < 4.78 is 41.5. The molecule has 0 amide bonds. The molecule has 1 aromatic carbocycles. The summed E-state index contributed by atoms with van der Waals surface area (Å²) >= 11 is 0. The second kappa shape index (κ2) is 9.23. The Morgan fingerprint density at radius 1 is 1.03 bits per heavy atom. The normalized spacial score (nSPS) is 17.4. The predicted molar refractivity (Wildman–Crippen MR) is 141 cm³/mol. The lowest BCUT2D eigenvalue weighted by Crippen LogP contribution is -2.41. The van der Waals surface area contributed by atoms with Gasteiger partial charge < -0.3 is 25.3 Å². The lowest BCUT2D eigenvalue weighted by molar-refractivity contribution is 0.281. The van der Waals surface area contributed by atoms with E-state index in [2.05, 4.69) is 20.1 Å². The molecule has 0 spiro atoms. The summed E-state index contributed by atoms with van der Waals surface area (Å²) in [7, 11) is -4.13. The van der Waals surface area contributed by atoms with Gasteiger partial charge in [0.05, 0.1) is 29.6 Å². The third-order valence-electron chi connectivity index (χ3n) is 6.24. The zero-order valence-electron chi connectivity index (χ0n) is 19.7. The molecule has 0 saturated carbocycles. The van der Waals surface area contributed by atoms with Crippen LogP contribution in [0, 0.1) is 0 Å². The number of hydrogen-bond donors (Lipinski definition) is 3. The zero-order valence-corrected chi connectivity index (χ0v) is 20.6. The van der Waals surface area contributed by atoms with E-state index in [9.17, 15) is 18.3 Å². The van der Waals surface area contributed by atoms with E-state index in [1.807, 2.05) is 12.2 Å². The number of ether oxygens (including phenoxy) is 2. The summed E-state index contributed by atoms with van der Waals surface area (Å²) in [5.41, 5.74) is 4.21. The first-order chi connectivity index (χ1) is 18.4. The van der Waals surface area contributed by atoms with E-state index >= 15 is 0 Å². The van der Waals surface area contributed by atoms with Gasteiger partial charge in [-0.1, -0.05) is 12.1 Å². The number of fused-ring (bicyclic) bond motifs is 2. The van der Waals surface area contributed by atoms with Crippen LogP contribution >= 0.6 is 0 Å². The summed E-state index contributed by atoms with van der Waals surface area (Å²) in [5.74, 6) is -0.733. The summed E-state index contributed by atoms with van der Waals surface area (Å²) in [4.78, 5) is 18.3. The molecule has 3 aliphatic heterocycles. The highest BCUT2D eigenvalue weighted by Gasteiger charge is 2.31. The molecule has 38 heavy (non-hydrogen) atoms. The van der Waals surface area contributed by atoms with Crippen molar-refractivity contribution in [3.8, 4) is 5.75 Å². The number of aromatic nitrogens is 2. The number of nitrogens with zero attached hydrogens (tertiary/aromatic N) is 3. The molecule has 0 radical (unpaired) electrons. The quantitative estimate of drug-likeness (QED) is 0.452. The van der Waals surface area contributed by atoms with Crippen LogP contribution in [0.2, 0.25) is 0 Å². The molecular formula is C26H21N5O6S. The summed E-state index contributed by atoms with van der Waals surface area (Å²) in [6.07, 6.45) is 11.9. The highest BCUT2D eigenvalue weighted by molar-refractivity contribution is 7.90. The number of amidine groups is 1. The third kappa shape index (κ3) is 4.00. The highest BCUT2D eigenvalue weighted by Crippen LogP contribution is 2.32. The van der Waals surface area contributed by atoms with Crippen LogP contribution in [0.3, 0.4) is 0 Å². The molecule has 0 unspecified atom stereocenters. The van der Waals surface area contributed by atoms with Crippen LogP contribution in [-0.2, 0) is 19.5 Å². The van der Waals surface area contributed by atoms with Gasteiger partial charge in [0.15, 0.2) is 11.5 Å². The molecule has 0 saturated heterocycles. The van der Waals surface area contributed by atoms with Crippen molar-refractivity contribution in [2.75, 3.05) is 24.0 Å². The second-order valence-electron chi connectivity index (χ2n) is 8.52. The van der Waals surface area contributed by atoms with Gasteiger partial charge in [-0.15, -0.1) is 4.40 Å². The third-order valence-corrected chi connectivity index (χ3v) is 7.58. The Balaban J connectivity index is 1.55. The fraction of sp³-hybridized carbons (Fsp3) is 0.115. The minimum Gasteiger partial charge on any atom is -0.506 e. The van der Waals surface area contributed by atoms with Crippen LogP contribution in [0.4, 0.5) is 5.69 Å². The van der Waals surface area contributed by atoms with E-state index in [1.54, 1.807) is 55.0 Å². The molecular weight excluding hydrogens is 510 g/mol. The van der Waals surface area contributed by atoms with Gasteiger partial charge in [0, 0.05) is 6.20 Å². The van der Waals surface area contributed by atoms with Gasteiger partial charge in [0.2, 0.25) is 0 Å². The van der Waals surface area contributed by atoms with E-state index in [0.717, 1.165) is 11.1 Å². The molecule has 3 N–H and O–H groups in total. The average Bonchev–Trinajstić information content (AvgIpc) is 2.94. The molecule has 0 fully saturated rings. The highest BCUT2D eigenvalue weighted by atomic mass is 32.2. The van der Waals surface area contributed by atoms with Gasteiger partial charge >= 0.3 is 0 Å². The molecule has 0 aliphatic carbocycles. The number of aromatic hydroxyl groups is 1. The zero-order chi connectivity index (χ0) is 26.3. The van der Waals surface area contributed by atoms with Gasteiger partial charge in [0.25, 0.3) is 15.6 Å². The molecule has 0 atom stereocenters. The van der Waals surface area contributed by atoms with Gasteiger partial charge in [-0.05, 0) is 59.7 Å². The number of rotatable bonds is 5. The SMILES string of the molecule is O=c1c(C2=NS(=O)(=O)c3ccccc3N2)c(O)c2cccnc2n1NC(C1=CCOC=C1)C1=CCOC=C1. The van der Waals surface area contributed by atoms with Crippen LogP contribution < -0.4 is 16.3 Å². The first-order valence-electron chi connectivity index (χ1n) is 11.6. The number of hydrogen-bond acceptors (Lipinski definition) is 9. The summed E-state index contributed by atoms with van der Waals surface area (Å²) in [6, 6.07) is 8.87. The maximum absolute atomic E-state index is 14.0.